The van der Waals surface area contributed by atoms with Gasteiger partial charge in [0.15, 0.2) is 11.0 Å². The summed E-state index contributed by atoms with van der Waals surface area (Å²) in [6.07, 6.45) is 0. The van der Waals surface area contributed by atoms with Crippen molar-refractivity contribution < 1.29 is 4.57 Å². The van der Waals surface area contributed by atoms with Crippen LogP contribution < -0.4 is 4.57 Å². The standard InChI is InChI=1S/C30H29N2/c1-21(2)25-16-19-28-29(20-25)32(30(31(28)4)27-13-9-8-10-22(27)3)26-17-14-24(15-18-26)23-11-6-5-7-12-23/h5-21H,1-4H3/q+1. The van der Waals surface area contributed by atoms with Crippen LogP contribution in [0.15, 0.2) is 97.1 Å². The molecule has 2 nitrogen and oxygen atoms in total. The van der Waals surface area contributed by atoms with E-state index >= 15 is 0 Å². The summed E-state index contributed by atoms with van der Waals surface area (Å²) in [5.41, 5.74) is 10.0. The van der Waals surface area contributed by atoms with Crippen LogP contribution in [-0.2, 0) is 7.05 Å². The van der Waals surface area contributed by atoms with Gasteiger partial charge in [0, 0.05) is 0 Å². The van der Waals surface area contributed by atoms with Gasteiger partial charge in [-0.25, -0.2) is 4.57 Å². The molecule has 0 fully saturated rings. The molecule has 0 saturated carbocycles. The lowest BCUT2D eigenvalue weighted by Gasteiger charge is -2.08. The fourth-order valence-corrected chi connectivity index (χ4v) is 4.56. The van der Waals surface area contributed by atoms with Gasteiger partial charge in [-0.15, -0.1) is 0 Å². The van der Waals surface area contributed by atoms with Crippen molar-refractivity contribution in [1.82, 2.24) is 4.57 Å². The highest BCUT2D eigenvalue weighted by atomic mass is 15.2. The Kier molecular flexibility index (Phi) is 5.14. The Labute approximate surface area is 190 Å². The lowest BCUT2D eigenvalue weighted by molar-refractivity contribution is -0.633. The third kappa shape index (κ3) is 3.42. The van der Waals surface area contributed by atoms with E-state index in [0.29, 0.717) is 5.92 Å². The van der Waals surface area contributed by atoms with Crippen molar-refractivity contribution >= 4 is 11.0 Å². The first-order chi connectivity index (χ1) is 15.5. The van der Waals surface area contributed by atoms with Gasteiger partial charge in [-0.1, -0.05) is 80.6 Å². The Morgan fingerprint density at radius 1 is 0.719 bits per heavy atom. The number of fused-ring (bicyclic) bond motifs is 1. The molecule has 0 radical (unpaired) electrons. The quantitative estimate of drug-likeness (QED) is 0.273. The molecule has 5 aromatic rings. The first-order valence-corrected chi connectivity index (χ1v) is 11.3. The summed E-state index contributed by atoms with van der Waals surface area (Å²) in [6.45, 7) is 6.70. The molecule has 1 heterocycles. The van der Waals surface area contributed by atoms with Gasteiger partial charge in [0.05, 0.1) is 12.6 Å². The summed E-state index contributed by atoms with van der Waals surface area (Å²) in [4.78, 5) is 0. The summed E-state index contributed by atoms with van der Waals surface area (Å²) in [7, 11) is 2.17. The number of rotatable bonds is 4. The highest BCUT2D eigenvalue weighted by molar-refractivity contribution is 5.81. The van der Waals surface area contributed by atoms with Gasteiger partial charge in [0.1, 0.15) is 5.69 Å². The van der Waals surface area contributed by atoms with Gasteiger partial charge in [0.25, 0.3) is 5.82 Å². The largest absolute Gasteiger partial charge is 0.295 e. The summed E-state index contributed by atoms with van der Waals surface area (Å²) >= 11 is 0. The molecule has 0 aliphatic heterocycles. The number of benzene rings is 4. The summed E-state index contributed by atoms with van der Waals surface area (Å²) in [5, 5.41) is 0. The van der Waals surface area contributed by atoms with Crippen LogP contribution in [0.3, 0.4) is 0 Å². The molecule has 0 aliphatic carbocycles. The summed E-state index contributed by atoms with van der Waals surface area (Å²) in [6, 6.07) is 35.0. The highest BCUT2D eigenvalue weighted by Gasteiger charge is 2.27. The minimum Gasteiger partial charge on any atom is -0.225 e. The van der Waals surface area contributed by atoms with Crippen molar-refractivity contribution in [3.8, 4) is 28.2 Å². The third-order valence-electron chi connectivity index (χ3n) is 6.42. The average molecular weight is 418 g/mol. The highest BCUT2D eigenvalue weighted by Crippen LogP contribution is 2.31. The zero-order chi connectivity index (χ0) is 22.2. The number of imidazole rings is 1. The van der Waals surface area contributed by atoms with Crippen LogP contribution in [0.25, 0.3) is 39.2 Å². The van der Waals surface area contributed by atoms with Crippen LogP contribution in [0.5, 0.6) is 0 Å². The van der Waals surface area contributed by atoms with E-state index in [0.717, 1.165) is 0 Å². The smallest absolute Gasteiger partial charge is 0.225 e. The Morgan fingerprint density at radius 2 is 1.38 bits per heavy atom. The van der Waals surface area contributed by atoms with E-state index in [9.17, 15) is 0 Å². The zero-order valence-corrected chi connectivity index (χ0v) is 19.2. The number of hydrogen-bond donors (Lipinski definition) is 0. The average Bonchev–Trinajstić information content (AvgIpc) is 3.11. The molecule has 0 saturated heterocycles. The van der Waals surface area contributed by atoms with E-state index in [1.54, 1.807) is 0 Å². The molecule has 0 N–H and O–H groups in total. The van der Waals surface area contributed by atoms with E-state index in [-0.39, 0.29) is 0 Å². The molecule has 2 heteroatoms. The second kappa shape index (κ2) is 8.12. The molecule has 5 rings (SSSR count). The van der Waals surface area contributed by atoms with E-state index in [2.05, 4.69) is 134 Å². The Hall–Kier alpha value is -3.65. The van der Waals surface area contributed by atoms with Crippen molar-refractivity contribution in [3.63, 3.8) is 0 Å². The first kappa shape index (κ1) is 20.3. The molecular formula is C30H29N2+. The van der Waals surface area contributed by atoms with Gasteiger partial charge in [0.2, 0.25) is 0 Å². The van der Waals surface area contributed by atoms with Gasteiger partial charge < -0.3 is 0 Å². The molecule has 158 valence electrons. The van der Waals surface area contributed by atoms with Crippen LogP contribution in [0, 0.1) is 6.92 Å². The number of aryl methyl sites for hydroxylation is 2. The molecule has 0 bridgehead atoms. The molecular weight excluding hydrogens is 388 g/mol. The monoisotopic (exact) mass is 417 g/mol. The van der Waals surface area contributed by atoms with E-state index in [4.69, 9.17) is 0 Å². The second-order valence-corrected chi connectivity index (χ2v) is 8.85. The fraction of sp³-hybridized carbons (Fsp3) is 0.167. The van der Waals surface area contributed by atoms with Crippen LogP contribution in [0.4, 0.5) is 0 Å². The summed E-state index contributed by atoms with van der Waals surface area (Å²) in [5.74, 6) is 1.68. The lowest BCUT2D eigenvalue weighted by atomic mass is 10.0. The molecule has 0 aliphatic rings. The van der Waals surface area contributed by atoms with Crippen molar-refractivity contribution in [2.45, 2.75) is 26.7 Å². The molecule has 1 aromatic heterocycles. The van der Waals surface area contributed by atoms with E-state index in [1.165, 1.54) is 50.4 Å². The van der Waals surface area contributed by atoms with Gasteiger partial charge in [-0.3, -0.25) is 0 Å². The molecule has 0 amide bonds. The fourth-order valence-electron chi connectivity index (χ4n) is 4.56. The molecule has 4 aromatic carbocycles. The molecule has 32 heavy (non-hydrogen) atoms. The number of nitrogens with zero attached hydrogens (tertiary/aromatic N) is 2. The Morgan fingerprint density at radius 3 is 2.06 bits per heavy atom. The normalized spacial score (nSPS) is 11.4. The van der Waals surface area contributed by atoms with Crippen LogP contribution in [0.2, 0.25) is 0 Å². The number of aromatic nitrogens is 2. The predicted octanol–water partition coefficient (Wildman–Crippen LogP) is 7.22. The maximum Gasteiger partial charge on any atom is 0.295 e. The SMILES string of the molecule is Cc1ccccc1-c1n(-c2ccc(-c3ccccc3)cc2)c2cc(C(C)C)ccc2[n+]1C. The lowest BCUT2D eigenvalue weighted by Crippen LogP contribution is -2.30. The van der Waals surface area contributed by atoms with Gasteiger partial charge >= 0.3 is 0 Å². The minimum atomic E-state index is 0.482. The first-order valence-electron chi connectivity index (χ1n) is 11.3. The van der Waals surface area contributed by atoms with E-state index < -0.39 is 0 Å². The van der Waals surface area contributed by atoms with Crippen molar-refractivity contribution in [2.75, 3.05) is 0 Å². The zero-order valence-electron chi connectivity index (χ0n) is 19.2. The topological polar surface area (TPSA) is 8.81 Å². The van der Waals surface area contributed by atoms with Crippen LogP contribution >= 0.6 is 0 Å². The third-order valence-corrected chi connectivity index (χ3v) is 6.42. The van der Waals surface area contributed by atoms with Crippen molar-refractivity contribution in [2.24, 2.45) is 7.05 Å². The predicted molar refractivity (Wildman–Crippen MR) is 134 cm³/mol. The number of hydrogen-bond acceptors (Lipinski definition) is 0. The Balaban J connectivity index is 1.78. The van der Waals surface area contributed by atoms with Crippen LogP contribution in [-0.4, -0.2) is 4.57 Å². The Bertz CT molecular complexity index is 1390. The molecule has 0 unspecified atom stereocenters. The van der Waals surface area contributed by atoms with Crippen LogP contribution in [0.1, 0.15) is 30.9 Å². The molecule has 0 atom stereocenters. The van der Waals surface area contributed by atoms with Crippen molar-refractivity contribution in [1.29, 1.82) is 0 Å². The van der Waals surface area contributed by atoms with Gasteiger partial charge in [-0.05, 0) is 65.4 Å². The maximum atomic E-state index is 2.42. The van der Waals surface area contributed by atoms with Crippen molar-refractivity contribution in [3.05, 3.63) is 108 Å². The summed E-state index contributed by atoms with van der Waals surface area (Å²) < 4.78 is 4.74. The maximum absolute atomic E-state index is 2.42. The second-order valence-electron chi connectivity index (χ2n) is 8.85. The minimum absolute atomic E-state index is 0.482. The molecule has 0 spiro atoms. The van der Waals surface area contributed by atoms with Gasteiger partial charge in [-0.2, -0.15) is 4.57 Å². The van der Waals surface area contributed by atoms with E-state index in [1.807, 2.05) is 0 Å².